The maximum Gasteiger partial charge on any atom is 0.0649 e. The molecule has 108 valence electrons. The van der Waals surface area contributed by atoms with Gasteiger partial charge in [-0.15, -0.1) is 23.1 Å². The number of thiophene rings is 1. The van der Waals surface area contributed by atoms with Gasteiger partial charge in [-0.1, -0.05) is 27.7 Å². The van der Waals surface area contributed by atoms with Gasteiger partial charge in [-0.3, -0.25) is 0 Å². The van der Waals surface area contributed by atoms with Crippen molar-refractivity contribution < 1.29 is 0 Å². The number of nitrogens with one attached hydrogen (secondary N) is 1. The average molecular weight is 298 g/mol. The summed E-state index contributed by atoms with van der Waals surface area (Å²) in [5.41, 5.74) is 2.07. The standard InChI is InChI=1S/C16H27NS2/c1-11-9-13(12-7-8-18-14(12)19-11)17-16(5,6)10-15(2,3)4/h7-8,11,13,17H,9-10H2,1-6H3/t11-,13?/m0/s1. The van der Waals surface area contributed by atoms with Crippen molar-refractivity contribution in [2.75, 3.05) is 0 Å². The second-order valence-electron chi connectivity index (χ2n) is 7.65. The zero-order chi connectivity index (χ0) is 14.3. The molecule has 0 aromatic carbocycles. The van der Waals surface area contributed by atoms with Crippen molar-refractivity contribution in [3.8, 4) is 0 Å². The molecule has 1 aliphatic rings. The Morgan fingerprint density at radius 1 is 1.26 bits per heavy atom. The van der Waals surface area contributed by atoms with Gasteiger partial charge in [-0.25, -0.2) is 0 Å². The molecule has 2 heterocycles. The summed E-state index contributed by atoms with van der Waals surface area (Å²) in [7, 11) is 0. The highest BCUT2D eigenvalue weighted by Crippen LogP contribution is 2.44. The lowest BCUT2D eigenvalue weighted by Gasteiger charge is -2.39. The van der Waals surface area contributed by atoms with E-state index in [2.05, 4.69) is 58.3 Å². The van der Waals surface area contributed by atoms with Crippen LogP contribution < -0.4 is 5.32 Å². The molecule has 19 heavy (non-hydrogen) atoms. The first-order valence-corrected chi connectivity index (χ1v) is 8.94. The van der Waals surface area contributed by atoms with Crippen molar-refractivity contribution in [2.45, 2.75) is 75.4 Å². The number of thioether (sulfide) groups is 1. The molecule has 0 aliphatic carbocycles. The minimum absolute atomic E-state index is 0.184. The Labute approximate surface area is 126 Å². The number of hydrogen-bond donors (Lipinski definition) is 1. The third-order valence-corrected chi connectivity index (χ3v) is 5.79. The molecule has 0 fully saturated rings. The lowest BCUT2D eigenvalue weighted by Crippen LogP contribution is -2.45. The van der Waals surface area contributed by atoms with Gasteiger partial charge in [0.15, 0.2) is 0 Å². The molecule has 1 N–H and O–H groups in total. The van der Waals surface area contributed by atoms with E-state index in [1.807, 2.05) is 23.1 Å². The van der Waals surface area contributed by atoms with Gasteiger partial charge in [-0.05, 0) is 49.1 Å². The van der Waals surface area contributed by atoms with Gasteiger partial charge in [-0.2, -0.15) is 0 Å². The highest BCUT2D eigenvalue weighted by atomic mass is 32.2. The van der Waals surface area contributed by atoms with E-state index in [0.717, 1.165) is 0 Å². The van der Waals surface area contributed by atoms with Crippen molar-refractivity contribution in [2.24, 2.45) is 5.41 Å². The van der Waals surface area contributed by atoms with Crippen LogP contribution in [0, 0.1) is 5.41 Å². The third kappa shape index (κ3) is 4.24. The second kappa shape index (κ2) is 5.42. The summed E-state index contributed by atoms with van der Waals surface area (Å²) >= 11 is 3.93. The van der Waals surface area contributed by atoms with Crippen molar-refractivity contribution in [1.82, 2.24) is 5.32 Å². The van der Waals surface area contributed by atoms with Crippen molar-refractivity contribution in [3.05, 3.63) is 17.0 Å². The molecule has 0 amide bonds. The van der Waals surface area contributed by atoms with Gasteiger partial charge < -0.3 is 5.32 Å². The normalized spacial score (nSPS) is 24.3. The predicted octanol–water partition coefficient (Wildman–Crippen LogP) is 5.48. The fourth-order valence-corrected chi connectivity index (χ4v) is 5.90. The minimum Gasteiger partial charge on any atom is -0.305 e. The van der Waals surface area contributed by atoms with Crippen LogP contribution in [0.15, 0.2) is 15.7 Å². The SMILES string of the molecule is C[C@H]1CC(NC(C)(C)CC(C)(C)C)c2ccsc2S1. The number of fused-ring (bicyclic) bond motifs is 1. The molecule has 1 unspecified atom stereocenters. The number of hydrogen-bond acceptors (Lipinski definition) is 3. The first-order chi connectivity index (χ1) is 8.66. The van der Waals surface area contributed by atoms with E-state index in [9.17, 15) is 0 Å². The molecule has 1 aliphatic heterocycles. The van der Waals surface area contributed by atoms with Crippen LogP contribution in [0.5, 0.6) is 0 Å². The first-order valence-electron chi connectivity index (χ1n) is 7.18. The molecule has 1 nitrogen and oxygen atoms in total. The van der Waals surface area contributed by atoms with Crippen LogP contribution in [0.4, 0.5) is 0 Å². The fourth-order valence-electron chi connectivity index (χ4n) is 3.33. The molecule has 1 aromatic rings. The van der Waals surface area contributed by atoms with E-state index in [1.165, 1.54) is 22.6 Å². The van der Waals surface area contributed by atoms with Gasteiger partial charge in [0.1, 0.15) is 0 Å². The molecule has 3 heteroatoms. The van der Waals surface area contributed by atoms with Crippen molar-refractivity contribution >= 4 is 23.1 Å². The molecule has 2 atom stereocenters. The van der Waals surface area contributed by atoms with Crippen LogP contribution in [0.3, 0.4) is 0 Å². The summed E-state index contributed by atoms with van der Waals surface area (Å²) < 4.78 is 1.52. The summed E-state index contributed by atoms with van der Waals surface area (Å²) in [4.78, 5) is 0. The van der Waals surface area contributed by atoms with Crippen LogP contribution in [0.2, 0.25) is 0 Å². The summed E-state index contributed by atoms with van der Waals surface area (Å²) in [6.07, 6.45) is 2.43. The Bertz CT molecular complexity index is 428. The molecular weight excluding hydrogens is 270 g/mol. The number of rotatable bonds is 3. The molecule has 0 saturated carbocycles. The van der Waals surface area contributed by atoms with Gasteiger partial charge in [0.05, 0.1) is 4.21 Å². The molecule has 0 bridgehead atoms. The maximum atomic E-state index is 3.92. The van der Waals surface area contributed by atoms with Crippen LogP contribution in [0.1, 0.15) is 66.0 Å². The Morgan fingerprint density at radius 2 is 1.95 bits per heavy atom. The molecule has 0 radical (unpaired) electrons. The minimum atomic E-state index is 0.184. The summed E-state index contributed by atoms with van der Waals surface area (Å²) in [6.45, 7) is 14.0. The summed E-state index contributed by atoms with van der Waals surface area (Å²) in [5.74, 6) is 0. The van der Waals surface area contributed by atoms with E-state index in [-0.39, 0.29) is 5.54 Å². The van der Waals surface area contributed by atoms with Gasteiger partial charge in [0, 0.05) is 16.8 Å². The van der Waals surface area contributed by atoms with Crippen LogP contribution in [-0.4, -0.2) is 10.8 Å². The quantitative estimate of drug-likeness (QED) is 0.793. The van der Waals surface area contributed by atoms with Crippen LogP contribution in [-0.2, 0) is 0 Å². The lowest BCUT2D eigenvalue weighted by atomic mass is 9.81. The van der Waals surface area contributed by atoms with E-state index < -0.39 is 0 Å². The van der Waals surface area contributed by atoms with Gasteiger partial charge >= 0.3 is 0 Å². The Morgan fingerprint density at radius 3 is 2.58 bits per heavy atom. The summed E-state index contributed by atoms with van der Waals surface area (Å²) in [6, 6.07) is 2.83. The first kappa shape index (κ1) is 15.4. The fraction of sp³-hybridized carbons (Fsp3) is 0.750. The lowest BCUT2D eigenvalue weighted by molar-refractivity contribution is 0.218. The average Bonchev–Trinajstić information content (AvgIpc) is 2.59. The Balaban J connectivity index is 2.11. The van der Waals surface area contributed by atoms with Crippen molar-refractivity contribution in [1.29, 1.82) is 0 Å². The zero-order valence-corrected chi connectivity index (χ0v) is 14.7. The second-order valence-corrected chi connectivity index (χ2v) is 10.3. The molecule has 1 aromatic heterocycles. The Hall–Kier alpha value is 0.01000. The monoisotopic (exact) mass is 297 g/mol. The van der Waals surface area contributed by atoms with E-state index in [1.54, 1.807) is 0 Å². The zero-order valence-electron chi connectivity index (χ0n) is 13.0. The summed E-state index contributed by atoms with van der Waals surface area (Å²) in [5, 5.41) is 6.87. The highest BCUT2D eigenvalue weighted by Gasteiger charge is 2.32. The smallest absolute Gasteiger partial charge is 0.0649 e. The van der Waals surface area contributed by atoms with Gasteiger partial charge in [0.2, 0.25) is 0 Å². The van der Waals surface area contributed by atoms with Gasteiger partial charge in [0.25, 0.3) is 0 Å². The third-order valence-electron chi connectivity index (χ3n) is 3.45. The molecular formula is C16H27NS2. The maximum absolute atomic E-state index is 3.92. The Kier molecular flexibility index (Phi) is 4.39. The van der Waals surface area contributed by atoms with E-state index in [0.29, 0.717) is 16.7 Å². The van der Waals surface area contributed by atoms with Crippen LogP contribution >= 0.6 is 23.1 Å². The largest absolute Gasteiger partial charge is 0.305 e. The van der Waals surface area contributed by atoms with Crippen molar-refractivity contribution in [3.63, 3.8) is 0 Å². The highest BCUT2D eigenvalue weighted by molar-refractivity contribution is 8.01. The molecule has 0 saturated heterocycles. The van der Waals surface area contributed by atoms with E-state index >= 15 is 0 Å². The molecule has 2 rings (SSSR count). The van der Waals surface area contributed by atoms with E-state index in [4.69, 9.17) is 0 Å². The topological polar surface area (TPSA) is 12.0 Å². The molecule has 0 spiro atoms. The van der Waals surface area contributed by atoms with Crippen LogP contribution in [0.25, 0.3) is 0 Å². The predicted molar refractivity (Wildman–Crippen MR) is 88.3 cm³/mol.